The van der Waals surface area contributed by atoms with E-state index in [9.17, 15) is 4.79 Å². The Hall–Kier alpha value is -2.54. The van der Waals surface area contributed by atoms with Gasteiger partial charge in [0.2, 0.25) is 18.4 Å². The van der Waals surface area contributed by atoms with Crippen LogP contribution in [0.25, 0.3) is 0 Å². The van der Waals surface area contributed by atoms with E-state index in [1.807, 2.05) is 41.3 Å². The Balaban J connectivity index is 1.64. The average molecular weight is 373 g/mol. The van der Waals surface area contributed by atoms with E-state index in [1.54, 1.807) is 26.0 Å². The van der Waals surface area contributed by atoms with Gasteiger partial charge in [0.15, 0.2) is 11.5 Å². The van der Waals surface area contributed by atoms with Gasteiger partial charge >= 0.3 is 0 Å². The summed E-state index contributed by atoms with van der Waals surface area (Å²) in [6.07, 6.45) is 0. The zero-order valence-corrected chi connectivity index (χ0v) is 15.4. The molecule has 136 valence electrons. The topological polar surface area (TPSA) is 57.2 Å². The maximum Gasteiger partial charge on any atom is 0.234 e. The van der Waals surface area contributed by atoms with Gasteiger partial charge in [-0.05, 0) is 35.4 Å². The molecule has 0 aromatic heterocycles. The first-order chi connectivity index (χ1) is 12.7. The van der Waals surface area contributed by atoms with Crippen molar-refractivity contribution in [1.29, 1.82) is 0 Å². The van der Waals surface area contributed by atoms with Gasteiger partial charge in [0.1, 0.15) is 11.1 Å². The number of nitrogens with zero attached hydrogens (tertiary/aromatic N) is 1. The zero-order valence-electron chi connectivity index (χ0n) is 14.6. The van der Waals surface area contributed by atoms with Crippen molar-refractivity contribution in [2.24, 2.45) is 0 Å². The van der Waals surface area contributed by atoms with Crippen LogP contribution in [0.15, 0.2) is 36.4 Å². The summed E-state index contributed by atoms with van der Waals surface area (Å²) in [7, 11) is 3.24. The van der Waals surface area contributed by atoms with E-state index in [0.717, 1.165) is 16.9 Å². The maximum absolute atomic E-state index is 12.5. The number of rotatable bonds is 5. The van der Waals surface area contributed by atoms with Crippen LogP contribution >= 0.6 is 11.8 Å². The van der Waals surface area contributed by atoms with Gasteiger partial charge in [-0.3, -0.25) is 4.79 Å². The first-order valence-electron chi connectivity index (χ1n) is 8.21. The fourth-order valence-electron chi connectivity index (χ4n) is 3.16. The van der Waals surface area contributed by atoms with Crippen LogP contribution in [0.4, 0.5) is 0 Å². The van der Waals surface area contributed by atoms with Crippen LogP contribution in [-0.4, -0.2) is 37.6 Å². The van der Waals surface area contributed by atoms with Crippen LogP contribution in [0.2, 0.25) is 0 Å². The van der Waals surface area contributed by atoms with Crippen LogP contribution in [0.1, 0.15) is 16.5 Å². The second-order valence-electron chi connectivity index (χ2n) is 5.99. The largest absolute Gasteiger partial charge is 0.497 e. The molecule has 2 aromatic carbocycles. The number of hydrogen-bond acceptors (Lipinski definition) is 6. The molecule has 2 aliphatic heterocycles. The highest BCUT2D eigenvalue weighted by molar-refractivity contribution is 8.00. The third kappa shape index (κ3) is 3.03. The van der Waals surface area contributed by atoms with Gasteiger partial charge in [0.05, 0.1) is 20.0 Å². The normalized spacial score (nSPS) is 18.3. The summed E-state index contributed by atoms with van der Waals surface area (Å²) in [5, 5.41) is -0.0999. The Morgan fingerprint density at radius 1 is 1.19 bits per heavy atom. The molecule has 0 saturated carbocycles. The summed E-state index contributed by atoms with van der Waals surface area (Å²) >= 11 is 1.60. The van der Waals surface area contributed by atoms with Gasteiger partial charge in [-0.2, -0.15) is 0 Å². The number of methoxy groups -OCH3 is 2. The minimum absolute atomic E-state index is 0.0999. The first-order valence-corrected chi connectivity index (χ1v) is 9.26. The van der Waals surface area contributed by atoms with Gasteiger partial charge in [0, 0.05) is 6.54 Å². The molecule has 1 amide bonds. The third-order valence-electron chi connectivity index (χ3n) is 4.42. The molecule has 0 bridgehead atoms. The Morgan fingerprint density at radius 3 is 2.88 bits per heavy atom. The van der Waals surface area contributed by atoms with Gasteiger partial charge < -0.3 is 23.8 Å². The van der Waals surface area contributed by atoms with Crippen molar-refractivity contribution in [2.75, 3.05) is 26.8 Å². The Bertz CT molecular complexity index is 841. The summed E-state index contributed by atoms with van der Waals surface area (Å²) in [6.45, 7) is 0.698. The fraction of sp³-hybridized carbons (Fsp3) is 0.316. The lowest BCUT2D eigenvalue weighted by molar-refractivity contribution is -0.128. The highest BCUT2D eigenvalue weighted by atomic mass is 32.2. The molecule has 6 nitrogen and oxygen atoms in total. The van der Waals surface area contributed by atoms with Crippen molar-refractivity contribution in [3.63, 3.8) is 0 Å². The lowest BCUT2D eigenvalue weighted by Gasteiger charge is -2.25. The fourth-order valence-corrected chi connectivity index (χ4v) is 4.33. The van der Waals surface area contributed by atoms with E-state index >= 15 is 0 Å². The molecule has 2 heterocycles. The molecule has 2 aliphatic rings. The van der Waals surface area contributed by atoms with Crippen LogP contribution in [0, 0.1) is 0 Å². The monoisotopic (exact) mass is 373 g/mol. The molecule has 0 spiro atoms. The van der Waals surface area contributed by atoms with E-state index in [1.165, 1.54) is 0 Å². The second kappa shape index (κ2) is 6.99. The van der Waals surface area contributed by atoms with Crippen LogP contribution < -0.4 is 18.9 Å². The van der Waals surface area contributed by atoms with E-state index in [2.05, 4.69) is 0 Å². The third-order valence-corrected chi connectivity index (χ3v) is 5.68. The van der Waals surface area contributed by atoms with Gasteiger partial charge in [-0.25, -0.2) is 0 Å². The number of fused-ring (bicyclic) bond motifs is 1. The zero-order chi connectivity index (χ0) is 18.1. The Morgan fingerprint density at radius 2 is 2.08 bits per heavy atom. The molecule has 4 rings (SSSR count). The molecule has 0 N–H and O–H groups in total. The molecule has 1 saturated heterocycles. The molecule has 7 heteroatoms. The average Bonchev–Trinajstić information content (AvgIpc) is 3.28. The predicted octanol–water partition coefficient (Wildman–Crippen LogP) is 3.21. The summed E-state index contributed by atoms with van der Waals surface area (Å²) in [5.74, 6) is 3.23. The molecule has 26 heavy (non-hydrogen) atoms. The van der Waals surface area contributed by atoms with Gasteiger partial charge in [-0.1, -0.05) is 12.1 Å². The molecular weight excluding hydrogens is 354 g/mol. The van der Waals surface area contributed by atoms with Crippen molar-refractivity contribution >= 4 is 17.7 Å². The number of carbonyl (C=O) groups is 1. The highest BCUT2D eigenvalue weighted by Gasteiger charge is 2.34. The number of amides is 1. The summed E-state index contributed by atoms with van der Waals surface area (Å²) in [5.41, 5.74) is 1.99. The van der Waals surface area contributed by atoms with E-state index in [0.29, 0.717) is 29.5 Å². The maximum atomic E-state index is 12.5. The summed E-state index contributed by atoms with van der Waals surface area (Å²) < 4.78 is 21.7. The smallest absolute Gasteiger partial charge is 0.234 e. The number of carbonyl (C=O) groups excluding carboxylic acids is 1. The molecule has 1 atom stereocenters. The van der Waals surface area contributed by atoms with Crippen LogP contribution in [0.5, 0.6) is 23.0 Å². The Kier molecular flexibility index (Phi) is 4.55. The van der Waals surface area contributed by atoms with E-state index < -0.39 is 0 Å². The lowest BCUT2D eigenvalue weighted by Crippen LogP contribution is -2.27. The van der Waals surface area contributed by atoms with Crippen LogP contribution in [-0.2, 0) is 11.3 Å². The summed E-state index contributed by atoms with van der Waals surface area (Å²) in [4.78, 5) is 14.4. The van der Waals surface area contributed by atoms with Gasteiger partial charge in [-0.15, -0.1) is 11.8 Å². The quantitative estimate of drug-likeness (QED) is 0.802. The van der Waals surface area contributed by atoms with Crippen molar-refractivity contribution in [2.45, 2.75) is 11.9 Å². The minimum Gasteiger partial charge on any atom is -0.497 e. The van der Waals surface area contributed by atoms with Gasteiger partial charge in [0.25, 0.3) is 0 Å². The minimum atomic E-state index is -0.0999. The molecule has 0 aliphatic carbocycles. The number of hydrogen-bond donors (Lipinski definition) is 0. The van der Waals surface area contributed by atoms with Crippen molar-refractivity contribution < 1.29 is 23.7 Å². The molecule has 2 aromatic rings. The SMILES string of the molecule is COc1cccc(CN2C(=O)CSC2c2cc(OC)c3c(c2)OCO3)c1. The van der Waals surface area contributed by atoms with Crippen molar-refractivity contribution in [3.05, 3.63) is 47.5 Å². The molecule has 1 unspecified atom stereocenters. The lowest BCUT2D eigenvalue weighted by atomic mass is 10.1. The molecule has 0 radical (unpaired) electrons. The van der Waals surface area contributed by atoms with Crippen LogP contribution in [0.3, 0.4) is 0 Å². The highest BCUT2D eigenvalue weighted by Crippen LogP contribution is 2.47. The summed E-state index contributed by atoms with van der Waals surface area (Å²) in [6, 6.07) is 11.6. The van der Waals surface area contributed by atoms with E-state index in [4.69, 9.17) is 18.9 Å². The second-order valence-corrected chi connectivity index (χ2v) is 7.06. The molecule has 1 fully saturated rings. The van der Waals surface area contributed by atoms with Crippen molar-refractivity contribution in [3.8, 4) is 23.0 Å². The molecular formula is C19H19NO5S. The number of ether oxygens (including phenoxy) is 4. The standard InChI is InChI=1S/C19H19NO5S/c1-22-14-5-3-4-12(6-14)9-20-17(21)10-26-19(20)13-7-15(23-2)18-16(8-13)24-11-25-18/h3-8,19H,9-11H2,1-2H3. The first kappa shape index (κ1) is 16.9. The number of benzene rings is 2. The van der Waals surface area contributed by atoms with Crippen molar-refractivity contribution in [1.82, 2.24) is 4.90 Å². The predicted molar refractivity (Wildman–Crippen MR) is 97.9 cm³/mol. The Labute approximate surface area is 156 Å². The number of thioether (sulfide) groups is 1. The van der Waals surface area contributed by atoms with E-state index in [-0.39, 0.29) is 18.1 Å².